The van der Waals surface area contributed by atoms with E-state index < -0.39 is 0 Å². The first kappa shape index (κ1) is 47.7. The van der Waals surface area contributed by atoms with Gasteiger partial charge in [0.25, 0.3) is 0 Å². The number of hydrogen-bond donors (Lipinski definition) is 0. The van der Waals surface area contributed by atoms with E-state index in [4.69, 9.17) is 17.7 Å². The van der Waals surface area contributed by atoms with Crippen molar-refractivity contribution in [2.24, 2.45) is 0 Å². The maximum Gasteiger partial charge on any atom is 0.248 e. The van der Waals surface area contributed by atoms with E-state index in [-0.39, 0.29) is 27.1 Å². The molecule has 0 fully saturated rings. The van der Waals surface area contributed by atoms with Crippen molar-refractivity contribution in [1.29, 1.82) is 0 Å². The highest BCUT2D eigenvalue weighted by Crippen LogP contribution is 2.39. The minimum atomic E-state index is -0.254. The van der Waals surface area contributed by atoms with Crippen LogP contribution in [0.2, 0.25) is 0 Å². The van der Waals surface area contributed by atoms with E-state index in [1.54, 1.807) is 0 Å². The highest BCUT2D eigenvalue weighted by molar-refractivity contribution is 5.72. The summed E-state index contributed by atoms with van der Waals surface area (Å²) in [6.45, 7) is 32.5. The average Bonchev–Trinajstić information content (AvgIpc) is 4.15. The third-order valence-electron chi connectivity index (χ3n) is 12.5. The van der Waals surface area contributed by atoms with Crippen molar-refractivity contribution >= 4 is 0 Å². The molecule has 12 nitrogen and oxygen atoms in total. The van der Waals surface area contributed by atoms with Gasteiger partial charge < -0.3 is 17.7 Å². The van der Waals surface area contributed by atoms with Crippen LogP contribution in [0.3, 0.4) is 0 Å². The van der Waals surface area contributed by atoms with Crippen LogP contribution in [0.15, 0.2) is 121 Å². The number of nitrogens with zero attached hydrogens (tertiary/aromatic N) is 8. The van der Waals surface area contributed by atoms with Crippen molar-refractivity contribution in [1.82, 2.24) is 40.8 Å². The van der Waals surface area contributed by atoms with Gasteiger partial charge in [0.05, 0.1) is 0 Å². The maximum atomic E-state index is 6.54. The molecule has 0 bridgehead atoms. The van der Waals surface area contributed by atoms with E-state index >= 15 is 0 Å². The Bertz CT molecular complexity index is 3160. The zero-order valence-electron chi connectivity index (χ0n) is 43.0. The molecule has 0 N–H and O–H groups in total. The monoisotopic (exact) mass is 934 g/mol. The van der Waals surface area contributed by atoms with E-state index in [0.29, 0.717) is 58.3 Å². The topological polar surface area (TPSA) is 156 Å². The lowest BCUT2D eigenvalue weighted by atomic mass is 9.85. The van der Waals surface area contributed by atoms with E-state index in [0.717, 1.165) is 50.1 Å². The minimum absolute atomic E-state index is 0.0291. The molecule has 70 heavy (non-hydrogen) atoms. The molecule has 4 heterocycles. The fraction of sp³-hybridized carbons (Fsp3) is 0.345. The van der Waals surface area contributed by atoms with Crippen molar-refractivity contribution in [3.8, 4) is 91.6 Å². The molecule has 5 aromatic carbocycles. The summed E-state index contributed by atoms with van der Waals surface area (Å²) >= 11 is 0. The fourth-order valence-corrected chi connectivity index (χ4v) is 7.99. The Morgan fingerprint density at radius 3 is 0.614 bits per heavy atom. The Labute approximate surface area is 410 Å². The second-order valence-corrected chi connectivity index (χ2v) is 23.5. The Morgan fingerprint density at radius 2 is 0.414 bits per heavy atom. The van der Waals surface area contributed by atoms with Gasteiger partial charge in [0.2, 0.25) is 47.1 Å². The summed E-state index contributed by atoms with van der Waals surface area (Å²) in [6, 6.07) is 34.8. The van der Waals surface area contributed by atoms with Crippen LogP contribution in [-0.4, -0.2) is 40.8 Å². The third-order valence-corrected chi connectivity index (χ3v) is 12.5. The normalized spacial score (nSPS) is 12.8. The summed E-state index contributed by atoms with van der Waals surface area (Å²) in [6.07, 6.45) is 0. The van der Waals surface area contributed by atoms with Crippen molar-refractivity contribution < 1.29 is 17.7 Å². The quantitative estimate of drug-likeness (QED) is 0.142. The van der Waals surface area contributed by atoms with E-state index in [1.807, 2.05) is 42.5 Å². The molecule has 12 heteroatoms. The Balaban J connectivity index is 1.05. The second kappa shape index (κ2) is 17.3. The predicted molar refractivity (Wildman–Crippen MR) is 275 cm³/mol. The first-order chi connectivity index (χ1) is 32.8. The molecule has 9 aromatic rings. The summed E-state index contributed by atoms with van der Waals surface area (Å²) in [5.41, 5.74) is 10.8. The van der Waals surface area contributed by atoms with Crippen LogP contribution in [0.1, 0.15) is 132 Å². The highest BCUT2D eigenvalue weighted by atomic mass is 16.4. The molecule has 0 saturated carbocycles. The molecule has 0 aliphatic carbocycles. The SMILES string of the molecule is CC(C)(C)c1cccc(-c2nnc(-c3cc(-c4nnc(-c5cc(-c6nnc(-c7cc(-c8nnc(-c9cccc(C(C)(C)C)c9)o8)cc(C(C)(C)C)c7)o6)cc(C(C)(C)C)c5)o4)cc(C(C)(C)C)c3)o2)c1. The Morgan fingerprint density at radius 1 is 0.229 bits per heavy atom. The van der Waals surface area contributed by atoms with Crippen LogP contribution >= 0.6 is 0 Å². The van der Waals surface area contributed by atoms with Gasteiger partial charge in [0, 0.05) is 44.5 Å². The number of benzene rings is 5. The molecule has 358 valence electrons. The summed E-state index contributed by atoms with van der Waals surface area (Å²) in [4.78, 5) is 0. The zero-order valence-corrected chi connectivity index (χ0v) is 43.0. The number of rotatable bonds is 8. The summed E-state index contributed by atoms with van der Waals surface area (Å²) < 4.78 is 25.8. The van der Waals surface area contributed by atoms with E-state index in [9.17, 15) is 0 Å². The molecule has 0 saturated heterocycles. The first-order valence-corrected chi connectivity index (χ1v) is 23.8. The van der Waals surface area contributed by atoms with Crippen molar-refractivity contribution in [2.45, 2.75) is 131 Å². The molecule has 0 atom stereocenters. The molecule has 0 aliphatic heterocycles. The summed E-state index contributed by atoms with van der Waals surface area (Å²) in [5, 5.41) is 36.3. The molecule has 0 spiro atoms. The smallest absolute Gasteiger partial charge is 0.248 e. The maximum absolute atomic E-state index is 6.54. The van der Waals surface area contributed by atoms with Crippen molar-refractivity contribution in [2.75, 3.05) is 0 Å². The second-order valence-electron chi connectivity index (χ2n) is 23.5. The molecular formula is C58H62N8O4. The lowest BCUT2D eigenvalue weighted by Gasteiger charge is -2.20. The van der Waals surface area contributed by atoms with E-state index in [2.05, 4.69) is 205 Å². The van der Waals surface area contributed by atoms with Crippen LogP contribution in [0, 0.1) is 0 Å². The molecule has 0 aliphatic rings. The Hall–Kier alpha value is -7.34. The van der Waals surface area contributed by atoms with Crippen LogP contribution in [-0.2, 0) is 27.1 Å². The summed E-state index contributed by atoms with van der Waals surface area (Å²) in [7, 11) is 0. The van der Waals surface area contributed by atoms with Gasteiger partial charge in [-0.05, 0) is 134 Å². The standard InChI is InChI=1S/C58H62N8O4/c1-54(2,3)41-20-16-18-33(25-41)46-59-61-48(67-46)35-22-37(29-43(27-35)56(7,8)9)50-63-65-52(69-50)39-24-40(32-45(31-39)58(13,14)15)53-66-64-51(70-53)38-23-36(28-44(30-38)57(10,11)12)49-62-60-47(68-49)34-19-17-21-42(26-34)55(4,5)6/h16-32H,1-15H3. The van der Waals surface area contributed by atoms with Crippen molar-refractivity contribution in [3.63, 3.8) is 0 Å². The number of hydrogen-bond acceptors (Lipinski definition) is 12. The lowest BCUT2D eigenvalue weighted by Crippen LogP contribution is -2.11. The molecular weight excluding hydrogens is 873 g/mol. The van der Waals surface area contributed by atoms with E-state index in [1.165, 1.54) is 11.1 Å². The third kappa shape index (κ3) is 10.0. The lowest BCUT2D eigenvalue weighted by molar-refractivity contribution is 0.573. The van der Waals surface area contributed by atoms with Gasteiger partial charge in [-0.2, -0.15) is 0 Å². The van der Waals surface area contributed by atoms with Crippen LogP contribution in [0.5, 0.6) is 0 Å². The molecule has 9 rings (SSSR count). The van der Waals surface area contributed by atoms with Crippen LogP contribution < -0.4 is 0 Å². The predicted octanol–water partition coefficient (Wildman–Crippen LogP) is 15.0. The molecule has 0 unspecified atom stereocenters. The molecule has 0 radical (unpaired) electrons. The van der Waals surface area contributed by atoms with Crippen LogP contribution in [0.4, 0.5) is 0 Å². The van der Waals surface area contributed by atoms with Gasteiger partial charge in [-0.3, -0.25) is 0 Å². The van der Waals surface area contributed by atoms with Crippen molar-refractivity contribution in [3.05, 3.63) is 131 Å². The van der Waals surface area contributed by atoms with Gasteiger partial charge in [0.1, 0.15) is 0 Å². The van der Waals surface area contributed by atoms with Gasteiger partial charge in [-0.1, -0.05) is 128 Å². The first-order valence-electron chi connectivity index (χ1n) is 23.8. The van der Waals surface area contributed by atoms with Gasteiger partial charge >= 0.3 is 0 Å². The van der Waals surface area contributed by atoms with Gasteiger partial charge in [-0.15, -0.1) is 40.8 Å². The molecule has 0 amide bonds. The summed E-state index contributed by atoms with van der Waals surface area (Å²) in [5.74, 6) is 3.08. The largest absolute Gasteiger partial charge is 0.416 e. The van der Waals surface area contributed by atoms with Gasteiger partial charge in [0.15, 0.2) is 0 Å². The fourth-order valence-electron chi connectivity index (χ4n) is 7.99. The minimum Gasteiger partial charge on any atom is -0.416 e. The Kier molecular flexibility index (Phi) is 11.8. The zero-order chi connectivity index (χ0) is 50.1. The number of aromatic nitrogens is 8. The highest BCUT2D eigenvalue weighted by Gasteiger charge is 2.26. The average molecular weight is 935 g/mol. The molecule has 4 aromatic heterocycles. The van der Waals surface area contributed by atoms with Crippen LogP contribution in [0.25, 0.3) is 91.6 Å². The van der Waals surface area contributed by atoms with Gasteiger partial charge in [-0.25, -0.2) is 0 Å².